The summed E-state index contributed by atoms with van der Waals surface area (Å²) in [7, 11) is -3.18. The topological polar surface area (TPSA) is 75.3 Å². The highest BCUT2D eigenvalue weighted by Crippen LogP contribution is 2.18. The smallest absolute Gasteiger partial charge is 0.220 e. The Bertz CT molecular complexity index is 611. The van der Waals surface area contributed by atoms with Crippen molar-refractivity contribution in [2.45, 2.75) is 37.1 Å². The summed E-state index contributed by atoms with van der Waals surface area (Å²) in [5.74, 6) is 0.654. The summed E-state index contributed by atoms with van der Waals surface area (Å²) in [6.45, 7) is 3.97. The van der Waals surface area contributed by atoms with Gasteiger partial charge in [0.15, 0.2) is 9.84 Å². The van der Waals surface area contributed by atoms with Gasteiger partial charge in [0.2, 0.25) is 5.91 Å². The quantitative estimate of drug-likeness (QED) is 0.814. The average molecular weight is 361 g/mol. The van der Waals surface area contributed by atoms with E-state index < -0.39 is 9.84 Å². The molecule has 1 aliphatic heterocycles. The molecule has 2 rings (SSSR count). The van der Waals surface area contributed by atoms with Crippen molar-refractivity contribution < 1.29 is 13.2 Å². The molecule has 0 radical (unpaired) electrons. The van der Waals surface area contributed by atoms with Gasteiger partial charge in [0, 0.05) is 12.7 Å². The molecule has 0 bridgehead atoms. The van der Waals surface area contributed by atoms with Gasteiger partial charge in [0.1, 0.15) is 0 Å². The summed E-state index contributed by atoms with van der Waals surface area (Å²) < 4.78 is 22.9. The van der Waals surface area contributed by atoms with Crippen LogP contribution in [0.2, 0.25) is 0 Å². The Morgan fingerprint density at radius 1 is 1.35 bits per heavy atom. The number of benzene rings is 1. The van der Waals surface area contributed by atoms with Crippen molar-refractivity contribution in [1.82, 2.24) is 10.6 Å². The van der Waals surface area contributed by atoms with Crippen LogP contribution in [0.4, 0.5) is 0 Å². The molecule has 1 heterocycles. The van der Waals surface area contributed by atoms with Gasteiger partial charge in [0.05, 0.1) is 10.9 Å². The van der Waals surface area contributed by atoms with Gasteiger partial charge >= 0.3 is 0 Å². The van der Waals surface area contributed by atoms with Gasteiger partial charge in [0.25, 0.3) is 0 Å². The van der Waals surface area contributed by atoms with E-state index in [0.29, 0.717) is 17.2 Å². The Balaban J connectivity index is 0.00000264. The van der Waals surface area contributed by atoms with Crippen LogP contribution in [-0.4, -0.2) is 33.7 Å². The van der Waals surface area contributed by atoms with E-state index in [1.165, 1.54) is 6.26 Å². The standard InChI is InChI=1S/C16H24N2O3S.ClH/c1-12(14-4-6-15(7-5-14)22(2,20)21)18-16(19)8-3-13-9-10-17-11-13;/h4-7,12-13,17H,3,8-11H2,1-2H3,(H,18,19);1H. The van der Waals surface area contributed by atoms with E-state index in [2.05, 4.69) is 10.6 Å². The summed E-state index contributed by atoms with van der Waals surface area (Å²) in [4.78, 5) is 12.3. The summed E-state index contributed by atoms with van der Waals surface area (Å²) in [5.41, 5.74) is 0.906. The van der Waals surface area contributed by atoms with Crippen molar-refractivity contribution >= 4 is 28.2 Å². The van der Waals surface area contributed by atoms with Gasteiger partial charge in [-0.05, 0) is 56.5 Å². The third-order valence-electron chi connectivity index (χ3n) is 4.13. The normalized spacial score (nSPS) is 19.0. The maximum atomic E-state index is 12.0. The van der Waals surface area contributed by atoms with Crippen molar-refractivity contribution in [2.75, 3.05) is 19.3 Å². The van der Waals surface area contributed by atoms with Crippen LogP contribution in [0.25, 0.3) is 0 Å². The number of carbonyl (C=O) groups is 1. The molecule has 2 N–H and O–H groups in total. The van der Waals surface area contributed by atoms with Crippen LogP contribution >= 0.6 is 12.4 Å². The lowest BCUT2D eigenvalue weighted by atomic mass is 10.0. The molecule has 0 saturated carbocycles. The van der Waals surface area contributed by atoms with Gasteiger partial charge < -0.3 is 10.6 Å². The molecule has 0 aliphatic carbocycles. The lowest BCUT2D eigenvalue weighted by molar-refractivity contribution is -0.122. The van der Waals surface area contributed by atoms with Crippen molar-refractivity contribution in [3.05, 3.63) is 29.8 Å². The fourth-order valence-corrected chi connectivity index (χ4v) is 3.33. The molecule has 5 nitrogen and oxygen atoms in total. The number of carbonyl (C=O) groups excluding carboxylic acids is 1. The molecule has 23 heavy (non-hydrogen) atoms. The zero-order valence-corrected chi connectivity index (χ0v) is 15.2. The Kier molecular flexibility index (Phi) is 7.51. The van der Waals surface area contributed by atoms with Gasteiger partial charge in [-0.25, -0.2) is 8.42 Å². The largest absolute Gasteiger partial charge is 0.350 e. The fraction of sp³-hybridized carbons (Fsp3) is 0.562. The monoisotopic (exact) mass is 360 g/mol. The molecule has 1 aromatic rings. The molecule has 1 amide bonds. The minimum Gasteiger partial charge on any atom is -0.350 e. The number of amides is 1. The second-order valence-corrected chi connectivity index (χ2v) is 8.04. The molecule has 1 fully saturated rings. The lowest BCUT2D eigenvalue weighted by Crippen LogP contribution is -2.27. The number of hydrogen-bond acceptors (Lipinski definition) is 4. The summed E-state index contributed by atoms with van der Waals surface area (Å²) >= 11 is 0. The first-order chi connectivity index (χ1) is 10.4. The zero-order valence-electron chi connectivity index (χ0n) is 13.5. The first-order valence-electron chi connectivity index (χ1n) is 7.66. The second kappa shape index (κ2) is 8.66. The molecule has 1 saturated heterocycles. The van der Waals surface area contributed by atoms with E-state index in [0.717, 1.165) is 31.5 Å². The number of sulfone groups is 1. The first-order valence-corrected chi connectivity index (χ1v) is 9.55. The fourth-order valence-electron chi connectivity index (χ4n) is 2.70. The minimum absolute atomic E-state index is 0. The van der Waals surface area contributed by atoms with Crippen molar-refractivity contribution in [3.63, 3.8) is 0 Å². The van der Waals surface area contributed by atoms with Gasteiger partial charge in [-0.1, -0.05) is 12.1 Å². The highest BCUT2D eigenvalue weighted by Gasteiger charge is 2.17. The number of halogens is 1. The molecule has 7 heteroatoms. The molecule has 1 aromatic carbocycles. The zero-order chi connectivity index (χ0) is 16.2. The average Bonchev–Trinajstić information content (AvgIpc) is 2.97. The van der Waals surface area contributed by atoms with E-state index in [1.807, 2.05) is 6.92 Å². The highest BCUT2D eigenvalue weighted by atomic mass is 35.5. The van der Waals surface area contributed by atoms with Crippen LogP contribution in [0.1, 0.15) is 37.8 Å². The van der Waals surface area contributed by atoms with Gasteiger partial charge in [-0.3, -0.25) is 4.79 Å². The van der Waals surface area contributed by atoms with E-state index >= 15 is 0 Å². The van der Waals surface area contributed by atoms with Crippen LogP contribution in [0, 0.1) is 5.92 Å². The highest BCUT2D eigenvalue weighted by molar-refractivity contribution is 7.90. The summed E-state index contributed by atoms with van der Waals surface area (Å²) in [6, 6.07) is 6.54. The summed E-state index contributed by atoms with van der Waals surface area (Å²) in [6.07, 6.45) is 3.79. The van der Waals surface area contributed by atoms with E-state index in [9.17, 15) is 13.2 Å². The Morgan fingerprint density at radius 3 is 2.52 bits per heavy atom. The van der Waals surface area contributed by atoms with Crippen LogP contribution in [-0.2, 0) is 14.6 Å². The lowest BCUT2D eigenvalue weighted by Gasteiger charge is -2.15. The van der Waals surface area contributed by atoms with Crippen molar-refractivity contribution in [1.29, 1.82) is 0 Å². The maximum absolute atomic E-state index is 12.0. The second-order valence-electron chi connectivity index (χ2n) is 6.03. The Morgan fingerprint density at radius 2 is 2.00 bits per heavy atom. The van der Waals surface area contributed by atoms with Crippen molar-refractivity contribution in [2.24, 2.45) is 5.92 Å². The minimum atomic E-state index is -3.18. The Labute approximate surface area is 144 Å². The Hall–Kier alpha value is -1.11. The third kappa shape index (κ3) is 6.12. The van der Waals surface area contributed by atoms with Crippen LogP contribution < -0.4 is 10.6 Å². The maximum Gasteiger partial charge on any atom is 0.220 e. The van der Waals surface area contributed by atoms with Crippen LogP contribution in [0.3, 0.4) is 0 Å². The third-order valence-corrected chi connectivity index (χ3v) is 5.26. The van der Waals surface area contributed by atoms with E-state index in [1.54, 1.807) is 24.3 Å². The van der Waals surface area contributed by atoms with Crippen LogP contribution in [0.15, 0.2) is 29.2 Å². The molecule has 1 aliphatic rings. The summed E-state index contributed by atoms with van der Waals surface area (Å²) in [5, 5.41) is 6.27. The van der Waals surface area contributed by atoms with E-state index in [-0.39, 0.29) is 24.4 Å². The molecule has 2 atom stereocenters. The molecule has 0 aromatic heterocycles. The van der Waals surface area contributed by atoms with Crippen molar-refractivity contribution in [3.8, 4) is 0 Å². The predicted molar refractivity (Wildman–Crippen MR) is 93.6 cm³/mol. The number of hydrogen-bond donors (Lipinski definition) is 2. The van der Waals surface area contributed by atoms with Crippen LogP contribution in [0.5, 0.6) is 0 Å². The van der Waals surface area contributed by atoms with Gasteiger partial charge in [-0.15, -0.1) is 12.4 Å². The molecule has 2 unspecified atom stereocenters. The van der Waals surface area contributed by atoms with Gasteiger partial charge in [-0.2, -0.15) is 0 Å². The SMILES string of the molecule is CC(NC(=O)CCC1CCNC1)c1ccc(S(C)(=O)=O)cc1.Cl. The van der Waals surface area contributed by atoms with E-state index in [4.69, 9.17) is 0 Å². The molecule has 130 valence electrons. The molecule has 0 spiro atoms. The molecular weight excluding hydrogens is 336 g/mol. The molecular formula is C16H25ClN2O3S. The first kappa shape index (κ1) is 19.9. The number of nitrogens with one attached hydrogen (secondary N) is 2. The predicted octanol–water partition coefficient (Wildman–Crippen LogP) is 2.08. The number of rotatable bonds is 6.